The summed E-state index contributed by atoms with van der Waals surface area (Å²) in [6, 6.07) is 2.54. The second-order valence-electron chi connectivity index (χ2n) is 5.17. The molecule has 0 saturated carbocycles. The number of hydrogen-bond acceptors (Lipinski definition) is 1. The van der Waals surface area contributed by atoms with Gasteiger partial charge in [0.1, 0.15) is 5.82 Å². The van der Waals surface area contributed by atoms with Crippen LogP contribution in [0.25, 0.3) is 11.1 Å². The van der Waals surface area contributed by atoms with E-state index in [1.165, 1.54) is 0 Å². The van der Waals surface area contributed by atoms with Crippen molar-refractivity contribution in [2.75, 3.05) is 0 Å². The van der Waals surface area contributed by atoms with Gasteiger partial charge in [-0.1, -0.05) is 31.9 Å². The summed E-state index contributed by atoms with van der Waals surface area (Å²) in [5.41, 5.74) is -2.08. The smallest absolute Gasteiger partial charge is 0.206 e. The van der Waals surface area contributed by atoms with E-state index >= 15 is 0 Å². The molecule has 0 aliphatic heterocycles. The highest BCUT2D eigenvalue weighted by molar-refractivity contribution is 9.11. The molecular weight excluding hydrogens is 562 g/mol. The molecule has 28 heavy (non-hydrogen) atoms. The van der Waals surface area contributed by atoms with Gasteiger partial charge in [0.2, 0.25) is 0 Å². The maximum atomic E-state index is 14.1. The first-order valence-corrected chi connectivity index (χ1v) is 9.14. The third-order valence-corrected chi connectivity index (χ3v) is 5.41. The van der Waals surface area contributed by atoms with Crippen molar-refractivity contribution in [3.8, 4) is 11.1 Å². The van der Waals surface area contributed by atoms with Gasteiger partial charge < -0.3 is 0 Å². The van der Waals surface area contributed by atoms with Gasteiger partial charge in [0, 0.05) is 19.4 Å². The van der Waals surface area contributed by atoms with Gasteiger partial charge in [-0.15, -0.1) is 0 Å². The lowest BCUT2D eigenvalue weighted by Gasteiger charge is -2.28. The molecule has 0 aliphatic carbocycles. The quantitative estimate of drug-likeness (QED) is 0.205. The summed E-state index contributed by atoms with van der Waals surface area (Å²) in [7, 11) is 0. The summed E-state index contributed by atoms with van der Waals surface area (Å²) >= 11 is 4.31. The van der Waals surface area contributed by atoms with Crippen molar-refractivity contribution in [1.29, 1.82) is 0 Å². The van der Waals surface area contributed by atoms with Gasteiger partial charge in [-0.05, 0) is 36.0 Å². The summed E-state index contributed by atoms with van der Waals surface area (Å²) in [6.45, 7) is 0. The van der Waals surface area contributed by atoms with E-state index in [0.717, 1.165) is 6.07 Å². The van der Waals surface area contributed by atoms with E-state index in [1.54, 1.807) is 0 Å². The Morgan fingerprint density at radius 2 is 1.29 bits per heavy atom. The third kappa shape index (κ3) is 4.16. The minimum Gasteiger partial charge on any atom is -0.206 e. The van der Waals surface area contributed by atoms with Crippen molar-refractivity contribution >= 4 is 43.6 Å². The molecule has 0 N–H and O–H groups in total. The Labute approximate surface area is 171 Å². The molecule has 2 rings (SSSR count). The first-order valence-electron chi connectivity index (χ1n) is 6.74. The number of thioether (sulfide) groups is 1. The predicted molar refractivity (Wildman–Crippen MR) is 89.0 cm³/mol. The Hall–Kier alpha value is -0.950. The number of rotatable bonds is 4. The highest BCUT2D eigenvalue weighted by Gasteiger charge is 2.73. The molecule has 2 aromatic rings. The van der Waals surface area contributed by atoms with E-state index in [0.29, 0.717) is 18.2 Å². The average molecular weight is 566 g/mol. The highest BCUT2D eigenvalue weighted by Crippen LogP contribution is 2.56. The molecule has 0 aliphatic rings. The van der Waals surface area contributed by atoms with Crippen LogP contribution in [0.15, 0.2) is 38.1 Å². The van der Waals surface area contributed by atoms with Crippen molar-refractivity contribution in [3.63, 3.8) is 0 Å². The minimum absolute atomic E-state index is 0.0889. The summed E-state index contributed by atoms with van der Waals surface area (Å²) in [4.78, 5) is -1.06. The van der Waals surface area contributed by atoms with Gasteiger partial charge in [-0.25, -0.2) is 13.2 Å². The Balaban J connectivity index is 2.73. The molecule has 0 saturated heterocycles. The van der Waals surface area contributed by atoms with E-state index in [2.05, 4.69) is 31.9 Å². The molecular formula is C15H4Br2F10S. The SMILES string of the molecule is Fc1ccc(F)c(-c2c(Br)cc(Br)cc2SC(F)(F)C(F)(F)C(F)(F)F)c1F. The van der Waals surface area contributed by atoms with Crippen LogP contribution >= 0.6 is 43.6 Å². The molecule has 0 heterocycles. The largest absolute Gasteiger partial charge is 0.460 e. The molecule has 2 aromatic carbocycles. The van der Waals surface area contributed by atoms with Crippen LogP contribution in [-0.2, 0) is 0 Å². The molecule has 0 aromatic heterocycles. The zero-order valence-corrected chi connectivity index (χ0v) is 16.7. The Bertz CT molecular complexity index is 911. The van der Waals surface area contributed by atoms with Gasteiger partial charge in [0.05, 0.1) is 5.56 Å². The predicted octanol–water partition coefficient (Wildman–Crippen LogP) is 8.18. The van der Waals surface area contributed by atoms with Crippen LogP contribution in [0.3, 0.4) is 0 Å². The summed E-state index contributed by atoms with van der Waals surface area (Å²) < 4.78 is 132. The lowest BCUT2D eigenvalue weighted by Crippen LogP contribution is -2.49. The van der Waals surface area contributed by atoms with Crippen molar-refractivity contribution in [3.05, 3.63) is 50.7 Å². The third-order valence-electron chi connectivity index (χ3n) is 3.27. The van der Waals surface area contributed by atoms with Crippen molar-refractivity contribution in [2.45, 2.75) is 22.2 Å². The van der Waals surface area contributed by atoms with Crippen LogP contribution in [0, 0.1) is 17.5 Å². The van der Waals surface area contributed by atoms with E-state index in [4.69, 9.17) is 0 Å². The molecule has 0 unspecified atom stereocenters. The number of benzene rings is 2. The number of alkyl halides is 7. The van der Waals surface area contributed by atoms with Crippen LogP contribution in [0.4, 0.5) is 43.9 Å². The normalized spacial score (nSPS) is 13.1. The van der Waals surface area contributed by atoms with Crippen LogP contribution in [-0.4, -0.2) is 17.4 Å². The fourth-order valence-corrected chi connectivity index (χ4v) is 4.72. The number of hydrogen-bond donors (Lipinski definition) is 0. The van der Waals surface area contributed by atoms with Gasteiger partial charge in [-0.2, -0.15) is 30.7 Å². The van der Waals surface area contributed by atoms with Crippen molar-refractivity contribution in [1.82, 2.24) is 0 Å². The molecule has 0 amide bonds. The standard InChI is InChI=1S/C15H4Br2F10S/c16-5-3-6(17)10(11-7(18)1-2-8(19)12(11)20)9(4-5)28-15(26,27)13(21,22)14(23,24)25/h1-4H. The van der Waals surface area contributed by atoms with E-state index in [1.807, 2.05) is 0 Å². The first kappa shape index (κ1) is 23.3. The maximum Gasteiger partial charge on any atom is 0.460 e. The first-order chi connectivity index (χ1) is 12.6. The van der Waals surface area contributed by atoms with Gasteiger partial charge in [-0.3, -0.25) is 0 Å². The zero-order valence-electron chi connectivity index (χ0n) is 12.8. The molecule has 0 bridgehead atoms. The average Bonchev–Trinajstić information content (AvgIpc) is 2.51. The Morgan fingerprint density at radius 1 is 0.750 bits per heavy atom. The van der Waals surface area contributed by atoms with E-state index in [9.17, 15) is 43.9 Å². The number of halogens is 12. The molecule has 0 spiro atoms. The summed E-state index contributed by atoms with van der Waals surface area (Å²) in [5, 5.41) is -5.75. The fourth-order valence-electron chi connectivity index (χ4n) is 2.00. The maximum absolute atomic E-state index is 14.1. The summed E-state index contributed by atoms with van der Waals surface area (Å²) in [5.74, 6) is -11.3. The Morgan fingerprint density at radius 3 is 1.82 bits per heavy atom. The minimum atomic E-state index is -6.59. The highest BCUT2D eigenvalue weighted by atomic mass is 79.9. The van der Waals surface area contributed by atoms with Crippen molar-refractivity contribution in [2.24, 2.45) is 0 Å². The molecule has 0 radical (unpaired) electrons. The lowest BCUT2D eigenvalue weighted by atomic mass is 10.0. The molecule has 0 atom stereocenters. The molecule has 154 valence electrons. The van der Waals surface area contributed by atoms with Gasteiger partial charge in [0.15, 0.2) is 11.6 Å². The van der Waals surface area contributed by atoms with Crippen LogP contribution in [0.2, 0.25) is 0 Å². The second-order valence-corrected chi connectivity index (χ2v) is 8.10. The van der Waals surface area contributed by atoms with Crippen LogP contribution in [0.5, 0.6) is 0 Å². The van der Waals surface area contributed by atoms with E-state index < -0.39 is 62.6 Å². The van der Waals surface area contributed by atoms with Gasteiger partial charge in [0.25, 0.3) is 0 Å². The summed E-state index contributed by atoms with van der Waals surface area (Å²) in [6.07, 6.45) is -6.59. The molecule has 13 heteroatoms. The topological polar surface area (TPSA) is 0 Å². The zero-order chi connectivity index (χ0) is 21.7. The molecule has 0 fully saturated rings. The Kier molecular flexibility index (Phi) is 6.42. The lowest BCUT2D eigenvalue weighted by molar-refractivity contribution is -0.330. The van der Waals surface area contributed by atoms with E-state index in [-0.39, 0.29) is 8.95 Å². The van der Waals surface area contributed by atoms with Crippen LogP contribution in [0.1, 0.15) is 0 Å². The fraction of sp³-hybridized carbons (Fsp3) is 0.200. The van der Waals surface area contributed by atoms with Crippen molar-refractivity contribution < 1.29 is 43.9 Å². The van der Waals surface area contributed by atoms with Crippen LogP contribution < -0.4 is 0 Å². The monoisotopic (exact) mass is 564 g/mol. The second kappa shape index (κ2) is 7.71. The van der Waals surface area contributed by atoms with Gasteiger partial charge >= 0.3 is 17.4 Å². The molecule has 0 nitrogen and oxygen atoms in total.